The Morgan fingerprint density at radius 2 is 2.00 bits per heavy atom. The lowest BCUT2D eigenvalue weighted by atomic mass is 10.3. The maximum atomic E-state index is 11.7. The van der Waals surface area contributed by atoms with Gasteiger partial charge in [-0.1, -0.05) is 23.2 Å². The number of hydrogen-bond acceptors (Lipinski definition) is 2. The minimum atomic E-state index is -0.985. The number of aromatic hydroxyl groups is 1. The fourth-order valence-corrected chi connectivity index (χ4v) is 1.05. The first kappa shape index (κ1) is 9.42. The van der Waals surface area contributed by atoms with Gasteiger partial charge in [0.05, 0.1) is 10.0 Å². The van der Waals surface area contributed by atoms with Crippen LogP contribution in [0, 0.1) is 0 Å². The summed E-state index contributed by atoms with van der Waals surface area (Å²) in [5, 5.41) is 9.22. The number of phenolic OH excluding ortho intramolecular Hbond substituents is 1. The van der Waals surface area contributed by atoms with E-state index in [0.717, 1.165) is 0 Å². The van der Waals surface area contributed by atoms with Crippen molar-refractivity contribution < 1.29 is 14.2 Å². The van der Waals surface area contributed by atoms with Gasteiger partial charge in [0.15, 0.2) is 0 Å². The molecule has 1 aromatic rings. The van der Waals surface area contributed by atoms with Crippen molar-refractivity contribution in [2.75, 3.05) is 6.86 Å². The molecule has 0 aliphatic heterocycles. The summed E-state index contributed by atoms with van der Waals surface area (Å²) in [4.78, 5) is 0. The van der Waals surface area contributed by atoms with Gasteiger partial charge >= 0.3 is 0 Å². The maximum Gasteiger partial charge on any atom is 0.228 e. The van der Waals surface area contributed by atoms with Crippen LogP contribution in [0.15, 0.2) is 12.1 Å². The molecule has 0 radical (unpaired) electrons. The van der Waals surface area contributed by atoms with E-state index in [1.807, 2.05) is 0 Å². The molecule has 1 rings (SSSR count). The van der Waals surface area contributed by atoms with Crippen molar-refractivity contribution in [2.24, 2.45) is 0 Å². The molecule has 0 amide bonds. The van der Waals surface area contributed by atoms with Crippen molar-refractivity contribution in [3.05, 3.63) is 22.2 Å². The van der Waals surface area contributed by atoms with Gasteiger partial charge in [-0.3, -0.25) is 0 Å². The van der Waals surface area contributed by atoms with Crippen LogP contribution >= 0.6 is 23.2 Å². The Morgan fingerprint density at radius 1 is 1.33 bits per heavy atom. The zero-order valence-electron chi connectivity index (χ0n) is 5.85. The van der Waals surface area contributed by atoms with Gasteiger partial charge in [0, 0.05) is 12.1 Å². The molecule has 2 nitrogen and oxygen atoms in total. The predicted octanol–water partition coefficient (Wildman–Crippen LogP) is 3.00. The molecule has 0 aliphatic carbocycles. The summed E-state index contributed by atoms with van der Waals surface area (Å²) in [6.45, 7) is -0.985. The third kappa shape index (κ3) is 1.93. The van der Waals surface area contributed by atoms with Crippen molar-refractivity contribution in [3.8, 4) is 11.5 Å². The molecule has 12 heavy (non-hydrogen) atoms. The average molecular weight is 211 g/mol. The summed E-state index contributed by atoms with van der Waals surface area (Å²) in [6.07, 6.45) is 0. The molecule has 0 atom stereocenters. The first-order chi connectivity index (χ1) is 5.65. The summed E-state index contributed by atoms with van der Waals surface area (Å²) in [5.74, 6) is -0.0464. The van der Waals surface area contributed by atoms with E-state index in [1.165, 1.54) is 12.1 Å². The summed E-state index contributed by atoms with van der Waals surface area (Å²) < 4.78 is 16.2. The van der Waals surface area contributed by atoms with Crippen LogP contribution in [0.25, 0.3) is 0 Å². The quantitative estimate of drug-likeness (QED) is 0.814. The zero-order valence-corrected chi connectivity index (χ0v) is 7.36. The second kappa shape index (κ2) is 3.83. The highest BCUT2D eigenvalue weighted by molar-refractivity contribution is 6.35. The maximum absolute atomic E-state index is 11.7. The topological polar surface area (TPSA) is 29.5 Å². The van der Waals surface area contributed by atoms with Gasteiger partial charge in [-0.2, -0.15) is 0 Å². The van der Waals surface area contributed by atoms with E-state index in [2.05, 4.69) is 4.74 Å². The highest BCUT2D eigenvalue weighted by Crippen LogP contribution is 2.34. The smallest absolute Gasteiger partial charge is 0.228 e. The largest absolute Gasteiger partial charge is 0.506 e. The average Bonchev–Trinajstić information content (AvgIpc) is 2.01. The summed E-state index contributed by atoms with van der Waals surface area (Å²) in [6, 6.07) is 2.44. The molecule has 66 valence electrons. The number of alkyl halides is 1. The third-order valence-electron chi connectivity index (χ3n) is 1.21. The van der Waals surface area contributed by atoms with Gasteiger partial charge in [0.25, 0.3) is 0 Å². The van der Waals surface area contributed by atoms with Gasteiger partial charge in [-0.05, 0) is 0 Å². The number of rotatable bonds is 2. The first-order valence-corrected chi connectivity index (χ1v) is 3.77. The first-order valence-electron chi connectivity index (χ1n) is 3.02. The van der Waals surface area contributed by atoms with Crippen LogP contribution in [-0.2, 0) is 0 Å². The second-order valence-corrected chi connectivity index (χ2v) is 2.80. The van der Waals surface area contributed by atoms with E-state index >= 15 is 0 Å². The van der Waals surface area contributed by atoms with Crippen LogP contribution in [0.3, 0.4) is 0 Å². The van der Waals surface area contributed by atoms with Crippen molar-refractivity contribution >= 4 is 23.2 Å². The Hall–Kier alpha value is -0.670. The van der Waals surface area contributed by atoms with E-state index in [-0.39, 0.29) is 21.5 Å². The van der Waals surface area contributed by atoms with E-state index in [4.69, 9.17) is 28.3 Å². The van der Waals surface area contributed by atoms with E-state index in [0.29, 0.717) is 0 Å². The Balaban J connectivity index is 3.05. The molecule has 5 heteroatoms. The number of phenols is 1. The van der Waals surface area contributed by atoms with Crippen LogP contribution in [0.1, 0.15) is 0 Å². The molecule has 0 spiro atoms. The lowest BCUT2D eigenvalue weighted by Gasteiger charge is -2.04. The van der Waals surface area contributed by atoms with E-state index in [9.17, 15) is 4.39 Å². The molecule has 0 aromatic heterocycles. The van der Waals surface area contributed by atoms with Crippen molar-refractivity contribution in [2.45, 2.75) is 0 Å². The molecule has 0 saturated carbocycles. The highest BCUT2D eigenvalue weighted by atomic mass is 35.5. The van der Waals surface area contributed by atoms with Gasteiger partial charge < -0.3 is 9.84 Å². The fraction of sp³-hybridized carbons (Fsp3) is 0.143. The van der Waals surface area contributed by atoms with Crippen LogP contribution in [0.5, 0.6) is 11.5 Å². The number of benzene rings is 1. The molecule has 0 bridgehead atoms. The molecule has 0 fully saturated rings. The monoisotopic (exact) mass is 210 g/mol. The Bertz CT molecular complexity index is 291. The summed E-state index contributed by atoms with van der Waals surface area (Å²) in [7, 11) is 0. The number of ether oxygens (including phenoxy) is 1. The minimum absolute atomic E-state index is 0.0721. The van der Waals surface area contributed by atoms with Crippen LogP contribution < -0.4 is 4.74 Å². The number of hydrogen-bond donors (Lipinski definition) is 1. The zero-order chi connectivity index (χ0) is 9.14. The molecule has 0 aliphatic rings. The fourth-order valence-electron chi connectivity index (χ4n) is 0.687. The third-order valence-corrected chi connectivity index (χ3v) is 1.81. The molecule has 1 N–H and O–H groups in total. The molecule has 1 aromatic carbocycles. The second-order valence-electron chi connectivity index (χ2n) is 1.99. The van der Waals surface area contributed by atoms with Gasteiger partial charge in [0.2, 0.25) is 6.86 Å². The van der Waals surface area contributed by atoms with Gasteiger partial charge in [-0.15, -0.1) is 0 Å². The van der Waals surface area contributed by atoms with Crippen LogP contribution in [-0.4, -0.2) is 12.0 Å². The highest BCUT2D eigenvalue weighted by Gasteiger charge is 2.06. The minimum Gasteiger partial charge on any atom is -0.506 e. The normalized spacial score (nSPS) is 9.92. The van der Waals surface area contributed by atoms with Crippen molar-refractivity contribution in [1.82, 2.24) is 0 Å². The van der Waals surface area contributed by atoms with E-state index < -0.39 is 6.86 Å². The standard InChI is InChI=1S/C7H5Cl2FO2/c8-4-2-7(12-3-10)5(9)1-6(4)11/h1-2,11H,3H2. The Morgan fingerprint density at radius 3 is 2.58 bits per heavy atom. The predicted molar refractivity (Wildman–Crippen MR) is 44.7 cm³/mol. The van der Waals surface area contributed by atoms with Crippen molar-refractivity contribution in [3.63, 3.8) is 0 Å². The SMILES string of the molecule is Oc1cc(Cl)c(OCF)cc1Cl. The molecular formula is C7H5Cl2FO2. The molecular weight excluding hydrogens is 206 g/mol. The molecule has 0 heterocycles. The lowest BCUT2D eigenvalue weighted by Crippen LogP contribution is -1.90. The Kier molecular flexibility index (Phi) is 3.00. The summed E-state index contributed by atoms with van der Waals surface area (Å²) >= 11 is 11.1. The van der Waals surface area contributed by atoms with E-state index in [1.54, 1.807) is 0 Å². The summed E-state index contributed by atoms with van der Waals surface area (Å²) in [5.41, 5.74) is 0. The molecule has 0 unspecified atom stereocenters. The van der Waals surface area contributed by atoms with Crippen molar-refractivity contribution in [1.29, 1.82) is 0 Å². The lowest BCUT2D eigenvalue weighted by molar-refractivity contribution is 0.191. The van der Waals surface area contributed by atoms with Crippen LogP contribution in [0.2, 0.25) is 10.0 Å². The van der Waals surface area contributed by atoms with Gasteiger partial charge in [0.1, 0.15) is 11.5 Å². The number of halogens is 3. The van der Waals surface area contributed by atoms with Crippen LogP contribution in [0.4, 0.5) is 4.39 Å². The Labute approximate surface area is 78.5 Å². The van der Waals surface area contributed by atoms with Gasteiger partial charge in [-0.25, -0.2) is 4.39 Å². The molecule has 0 saturated heterocycles.